The summed E-state index contributed by atoms with van der Waals surface area (Å²) in [5.41, 5.74) is 0. The van der Waals surface area contributed by atoms with Crippen molar-refractivity contribution in [1.29, 1.82) is 0 Å². The van der Waals surface area contributed by atoms with Gasteiger partial charge in [-0.15, -0.1) is 0 Å². The topological polar surface area (TPSA) is 34.1 Å². The van der Waals surface area contributed by atoms with Crippen LogP contribution < -0.4 is 5.32 Å². The van der Waals surface area contributed by atoms with Crippen molar-refractivity contribution < 1.29 is 0 Å². The molecule has 2 aliphatic rings. The molecule has 6 heteroatoms. The van der Waals surface area contributed by atoms with Crippen LogP contribution in [0.4, 0.5) is 0 Å². The Labute approximate surface area is 153 Å². The Morgan fingerprint density at radius 1 is 1.12 bits per heavy atom. The van der Waals surface area contributed by atoms with Crippen molar-refractivity contribution in [3.05, 3.63) is 0 Å². The molecule has 0 bridgehead atoms. The van der Waals surface area contributed by atoms with Crippen LogP contribution in [0.25, 0.3) is 0 Å². The summed E-state index contributed by atoms with van der Waals surface area (Å²) in [4.78, 5) is 12.4. The number of nitrogens with one attached hydrogen (secondary N) is 1. The van der Waals surface area contributed by atoms with Crippen LogP contribution in [0.1, 0.15) is 33.6 Å². The minimum atomic E-state index is 0.329. The van der Waals surface area contributed by atoms with Crippen LogP contribution in [-0.4, -0.2) is 97.1 Å². The number of unbranched alkanes of at least 4 members (excludes halogenated alkanes) is 1. The highest BCUT2D eigenvalue weighted by molar-refractivity contribution is 8.00. The number of rotatable bonds is 6. The summed E-state index contributed by atoms with van der Waals surface area (Å²) in [5, 5.41) is 3.49. The van der Waals surface area contributed by atoms with Crippen LogP contribution in [0.3, 0.4) is 0 Å². The van der Waals surface area contributed by atoms with Crippen LogP contribution in [0.15, 0.2) is 4.99 Å². The van der Waals surface area contributed by atoms with E-state index in [9.17, 15) is 0 Å². The zero-order valence-corrected chi connectivity index (χ0v) is 17.0. The van der Waals surface area contributed by atoms with Crippen LogP contribution in [-0.2, 0) is 0 Å². The highest BCUT2D eigenvalue weighted by Gasteiger charge is 2.28. The average molecular weight is 356 g/mol. The van der Waals surface area contributed by atoms with Gasteiger partial charge >= 0.3 is 0 Å². The van der Waals surface area contributed by atoms with Gasteiger partial charge < -0.3 is 20.0 Å². The lowest BCUT2D eigenvalue weighted by Gasteiger charge is -2.39. The van der Waals surface area contributed by atoms with Crippen molar-refractivity contribution in [3.8, 4) is 0 Å². The molecule has 0 radical (unpaired) electrons. The Balaban J connectivity index is 1.71. The number of hydrogen-bond donors (Lipinski definition) is 1. The Morgan fingerprint density at radius 2 is 1.88 bits per heavy atom. The SMILES string of the molecule is CCNC(=NCCCCN1CCN(C)CC1)N1CCSC(C)(C)C1. The molecule has 0 atom stereocenters. The van der Waals surface area contributed by atoms with Gasteiger partial charge in [0.05, 0.1) is 0 Å². The van der Waals surface area contributed by atoms with Gasteiger partial charge in [-0.25, -0.2) is 0 Å². The Hall–Kier alpha value is -0.460. The van der Waals surface area contributed by atoms with E-state index in [2.05, 4.69) is 59.6 Å². The molecule has 2 fully saturated rings. The largest absolute Gasteiger partial charge is 0.357 e. The van der Waals surface area contributed by atoms with Gasteiger partial charge in [0.25, 0.3) is 0 Å². The van der Waals surface area contributed by atoms with E-state index >= 15 is 0 Å². The van der Waals surface area contributed by atoms with Crippen LogP contribution in [0.2, 0.25) is 0 Å². The molecule has 0 aromatic heterocycles. The third-order valence-electron chi connectivity index (χ3n) is 4.80. The van der Waals surface area contributed by atoms with Crippen molar-refractivity contribution in [2.75, 3.05) is 71.7 Å². The molecule has 1 N–H and O–H groups in total. The van der Waals surface area contributed by atoms with Crippen molar-refractivity contribution in [2.45, 2.75) is 38.4 Å². The first-order chi connectivity index (χ1) is 11.5. The maximum atomic E-state index is 4.89. The molecule has 2 rings (SSSR count). The van der Waals surface area contributed by atoms with Gasteiger partial charge in [-0.3, -0.25) is 4.99 Å². The van der Waals surface area contributed by atoms with Gasteiger partial charge in [-0.2, -0.15) is 11.8 Å². The van der Waals surface area contributed by atoms with Crippen LogP contribution >= 0.6 is 11.8 Å². The lowest BCUT2D eigenvalue weighted by Crippen LogP contribution is -2.51. The molecular weight excluding hydrogens is 318 g/mol. The highest BCUT2D eigenvalue weighted by atomic mass is 32.2. The fraction of sp³-hybridized carbons (Fsp3) is 0.944. The fourth-order valence-corrected chi connectivity index (χ4v) is 4.44. The fourth-order valence-electron chi connectivity index (χ4n) is 3.33. The Bertz CT molecular complexity index is 391. The van der Waals surface area contributed by atoms with E-state index in [0.29, 0.717) is 4.75 Å². The smallest absolute Gasteiger partial charge is 0.193 e. The average Bonchev–Trinajstić information content (AvgIpc) is 2.54. The van der Waals surface area contributed by atoms with Crippen molar-refractivity contribution >= 4 is 17.7 Å². The number of piperazine rings is 1. The lowest BCUT2D eigenvalue weighted by atomic mass is 10.2. The van der Waals surface area contributed by atoms with Crippen LogP contribution in [0.5, 0.6) is 0 Å². The molecule has 0 amide bonds. The van der Waals surface area contributed by atoms with Gasteiger partial charge in [0.2, 0.25) is 0 Å². The quantitative estimate of drug-likeness (QED) is 0.446. The number of thioether (sulfide) groups is 1. The number of guanidine groups is 1. The predicted octanol–water partition coefficient (Wildman–Crippen LogP) is 1.81. The Morgan fingerprint density at radius 3 is 2.54 bits per heavy atom. The highest BCUT2D eigenvalue weighted by Crippen LogP contribution is 2.29. The van der Waals surface area contributed by atoms with Gasteiger partial charge in [0, 0.05) is 62.9 Å². The zero-order valence-electron chi connectivity index (χ0n) is 16.2. The summed E-state index contributed by atoms with van der Waals surface area (Å²) >= 11 is 2.07. The van der Waals surface area contributed by atoms with E-state index in [0.717, 1.165) is 32.1 Å². The molecular formula is C18H37N5S. The van der Waals surface area contributed by atoms with E-state index in [4.69, 9.17) is 4.99 Å². The molecule has 24 heavy (non-hydrogen) atoms. The lowest BCUT2D eigenvalue weighted by molar-refractivity contribution is 0.152. The summed E-state index contributed by atoms with van der Waals surface area (Å²) in [7, 11) is 2.22. The molecule has 0 aliphatic carbocycles. The second kappa shape index (κ2) is 9.88. The first-order valence-electron chi connectivity index (χ1n) is 9.58. The van der Waals surface area contributed by atoms with Crippen molar-refractivity contribution in [2.24, 2.45) is 4.99 Å². The Kier molecular flexibility index (Phi) is 8.17. The molecule has 0 unspecified atom stereocenters. The van der Waals surface area contributed by atoms with E-state index in [1.165, 1.54) is 51.3 Å². The molecule has 140 valence electrons. The predicted molar refractivity (Wildman–Crippen MR) is 107 cm³/mol. The molecule has 0 spiro atoms. The maximum Gasteiger partial charge on any atom is 0.193 e. The van der Waals surface area contributed by atoms with Gasteiger partial charge in [-0.1, -0.05) is 0 Å². The summed E-state index contributed by atoms with van der Waals surface area (Å²) < 4.78 is 0.329. The molecule has 2 saturated heterocycles. The summed E-state index contributed by atoms with van der Waals surface area (Å²) in [6.07, 6.45) is 2.45. The first kappa shape index (κ1) is 19.9. The molecule has 0 aromatic rings. The maximum absolute atomic E-state index is 4.89. The standard InChI is InChI=1S/C18H37N5S/c1-5-19-17(23-14-15-24-18(2,3)16-23)20-8-6-7-9-22-12-10-21(4)11-13-22/h5-16H2,1-4H3,(H,19,20). The summed E-state index contributed by atoms with van der Waals surface area (Å²) in [5.74, 6) is 2.31. The van der Waals surface area contributed by atoms with Gasteiger partial charge in [0.15, 0.2) is 5.96 Å². The van der Waals surface area contributed by atoms with Crippen molar-refractivity contribution in [1.82, 2.24) is 20.0 Å². The zero-order chi connectivity index (χ0) is 17.4. The van der Waals surface area contributed by atoms with E-state index in [1.807, 2.05) is 0 Å². The molecule has 0 aromatic carbocycles. The third kappa shape index (κ3) is 6.81. The van der Waals surface area contributed by atoms with Gasteiger partial charge in [-0.05, 0) is 47.2 Å². The number of likely N-dealkylation sites (N-methyl/N-ethyl adjacent to an activating group) is 1. The first-order valence-corrected chi connectivity index (χ1v) is 10.6. The second-order valence-electron chi connectivity index (χ2n) is 7.62. The normalized spacial score (nSPS) is 23.5. The number of aliphatic imine (C=N–C) groups is 1. The monoisotopic (exact) mass is 355 g/mol. The van der Waals surface area contributed by atoms with Crippen molar-refractivity contribution in [3.63, 3.8) is 0 Å². The van der Waals surface area contributed by atoms with E-state index in [1.54, 1.807) is 0 Å². The summed E-state index contributed by atoms with van der Waals surface area (Å²) in [6.45, 7) is 17.0. The third-order valence-corrected chi connectivity index (χ3v) is 6.10. The molecule has 2 heterocycles. The number of nitrogens with zero attached hydrogens (tertiary/aromatic N) is 4. The van der Waals surface area contributed by atoms with Gasteiger partial charge in [0.1, 0.15) is 0 Å². The van der Waals surface area contributed by atoms with E-state index < -0.39 is 0 Å². The second-order valence-corrected chi connectivity index (χ2v) is 9.42. The molecule has 5 nitrogen and oxygen atoms in total. The minimum Gasteiger partial charge on any atom is -0.357 e. The summed E-state index contributed by atoms with van der Waals surface area (Å²) in [6, 6.07) is 0. The number of hydrogen-bond acceptors (Lipinski definition) is 4. The molecule has 0 saturated carbocycles. The molecule has 2 aliphatic heterocycles. The van der Waals surface area contributed by atoms with Crippen LogP contribution in [0, 0.1) is 0 Å². The minimum absolute atomic E-state index is 0.329. The van der Waals surface area contributed by atoms with E-state index in [-0.39, 0.29) is 0 Å².